The molecule has 0 saturated heterocycles. The van der Waals surface area contributed by atoms with Gasteiger partial charge in [0.2, 0.25) is 0 Å². The molecule has 7 nitrogen and oxygen atoms in total. The van der Waals surface area contributed by atoms with Crippen LogP contribution in [0.2, 0.25) is 0 Å². The molecule has 1 aromatic heterocycles. The van der Waals surface area contributed by atoms with Crippen LogP contribution in [0.4, 0.5) is 10.6 Å². The third-order valence-electron chi connectivity index (χ3n) is 5.06. The number of aromatic nitrogens is 2. The van der Waals surface area contributed by atoms with Gasteiger partial charge in [0, 0.05) is 12.6 Å². The van der Waals surface area contributed by atoms with E-state index in [1.165, 1.54) is 0 Å². The zero-order chi connectivity index (χ0) is 19.1. The summed E-state index contributed by atoms with van der Waals surface area (Å²) in [6, 6.07) is 8.78. The monoisotopic (exact) mass is 357 g/mol. The topological polar surface area (TPSA) is 93.3 Å². The van der Waals surface area contributed by atoms with E-state index in [9.17, 15) is 9.90 Å². The molecule has 0 saturated carbocycles. The molecule has 0 radical (unpaired) electrons. The number of nitrogens with one attached hydrogen (secondary N) is 3. The van der Waals surface area contributed by atoms with Crippen molar-refractivity contribution in [2.75, 3.05) is 12.4 Å². The van der Waals surface area contributed by atoms with Gasteiger partial charge in [0.25, 0.3) is 0 Å². The number of aromatic amines is 1. The fourth-order valence-corrected chi connectivity index (χ4v) is 3.56. The summed E-state index contributed by atoms with van der Waals surface area (Å²) in [5, 5.41) is 24.0. The Kier molecular flexibility index (Phi) is 4.44. The molecule has 0 spiro atoms. The number of H-pyrrole nitrogens is 1. The minimum absolute atomic E-state index is 0.224. The van der Waals surface area contributed by atoms with Crippen LogP contribution in [-0.2, 0) is 12.1 Å². The maximum Gasteiger partial charge on any atom is 0.319 e. The van der Waals surface area contributed by atoms with Gasteiger partial charge in [-0.15, -0.1) is 0 Å². The predicted octanol–water partition coefficient (Wildman–Crippen LogP) is 2.72. The second kappa shape index (κ2) is 6.32. The number of rotatable bonds is 4. The maximum atomic E-state index is 13.1. The lowest BCUT2D eigenvalue weighted by atomic mass is 9.92. The molecule has 1 aliphatic heterocycles. The highest BCUT2D eigenvalue weighted by Crippen LogP contribution is 2.40. The number of urea groups is 1. The van der Waals surface area contributed by atoms with Gasteiger partial charge in [-0.2, -0.15) is 5.10 Å². The molecular weight excluding hydrogens is 330 g/mol. The number of aliphatic hydroxyl groups is 1. The number of carbonyl (C=O) groups excluding carboxylic acids is 1. The van der Waals surface area contributed by atoms with Crippen LogP contribution in [0.3, 0.4) is 0 Å². The Bertz CT molecular complexity index is 792. The van der Waals surface area contributed by atoms with Crippen molar-refractivity contribution in [3.05, 3.63) is 47.2 Å². The molecule has 4 N–H and O–H groups in total. The van der Waals surface area contributed by atoms with Crippen molar-refractivity contribution in [1.29, 1.82) is 0 Å². The lowest BCUT2D eigenvalue weighted by Gasteiger charge is -2.36. The largest absolute Gasteiger partial charge is 0.388 e. The minimum Gasteiger partial charge on any atom is -0.388 e. The molecule has 2 amide bonds. The van der Waals surface area contributed by atoms with Crippen molar-refractivity contribution in [3.8, 4) is 0 Å². The van der Waals surface area contributed by atoms with E-state index in [1.807, 2.05) is 51.2 Å². The summed E-state index contributed by atoms with van der Waals surface area (Å²) in [6.07, 6.45) is 0. The molecule has 2 heterocycles. The van der Waals surface area contributed by atoms with Crippen molar-refractivity contribution in [2.45, 2.75) is 51.4 Å². The van der Waals surface area contributed by atoms with Crippen molar-refractivity contribution in [2.24, 2.45) is 0 Å². The van der Waals surface area contributed by atoms with Gasteiger partial charge in [-0.1, -0.05) is 30.3 Å². The molecule has 140 valence electrons. The molecule has 2 aromatic rings. The zero-order valence-corrected chi connectivity index (χ0v) is 15.9. The lowest BCUT2D eigenvalue weighted by Crippen LogP contribution is -2.51. The number of nitrogens with zero attached hydrogens (tertiary/aromatic N) is 2. The van der Waals surface area contributed by atoms with Crippen LogP contribution < -0.4 is 10.6 Å². The lowest BCUT2D eigenvalue weighted by molar-refractivity contribution is 0.0354. The molecule has 26 heavy (non-hydrogen) atoms. The summed E-state index contributed by atoms with van der Waals surface area (Å²) >= 11 is 0. The number of hydrogen-bond acceptors (Lipinski definition) is 4. The van der Waals surface area contributed by atoms with Gasteiger partial charge >= 0.3 is 6.03 Å². The molecule has 1 atom stereocenters. The first-order valence-corrected chi connectivity index (χ1v) is 8.77. The Morgan fingerprint density at radius 2 is 2.00 bits per heavy atom. The Morgan fingerprint density at radius 3 is 2.58 bits per heavy atom. The number of fused-ring (bicyclic) bond motifs is 1. The van der Waals surface area contributed by atoms with Crippen LogP contribution in [0.1, 0.15) is 50.6 Å². The van der Waals surface area contributed by atoms with Crippen LogP contribution in [0.15, 0.2) is 30.3 Å². The summed E-state index contributed by atoms with van der Waals surface area (Å²) in [5.74, 6) is 0.755. The highest BCUT2D eigenvalue weighted by Gasteiger charge is 2.44. The van der Waals surface area contributed by atoms with E-state index in [1.54, 1.807) is 18.7 Å². The number of anilines is 1. The molecule has 1 aromatic carbocycles. The van der Waals surface area contributed by atoms with Crippen LogP contribution in [0.5, 0.6) is 0 Å². The van der Waals surface area contributed by atoms with Crippen molar-refractivity contribution >= 4 is 11.8 Å². The number of carbonyl (C=O) groups is 1. The van der Waals surface area contributed by atoms with Gasteiger partial charge in [0.1, 0.15) is 0 Å². The summed E-state index contributed by atoms with van der Waals surface area (Å²) in [7, 11) is 1.81. The van der Waals surface area contributed by atoms with Crippen LogP contribution in [0.25, 0.3) is 0 Å². The SMILES string of the molecule is CNc1n[nH]c2c1CN(C(=O)N[C@@H](c1ccccc1)C(C)(C)O)C2(C)C. The second-order valence-electron chi connectivity index (χ2n) is 7.77. The molecule has 0 unspecified atom stereocenters. The van der Waals surface area contributed by atoms with Crippen molar-refractivity contribution < 1.29 is 9.90 Å². The van der Waals surface area contributed by atoms with Gasteiger partial charge in [-0.3, -0.25) is 5.10 Å². The molecule has 0 bridgehead atoms. The highest BCUT2D eigenvalue weighted by atomic mass is 16.3. The Hall–Kier alpha value is -2.54. The molecule has 0 fully saturated rings. The minimum atomic E-state index is -1.10. The first-order valence-electron chi connectivity index (χ1n) is 8.77. The van der Waals surface area contributed by atoms with E-state index in [4.69, 9.17) is 0 Å². The van der Waals surface area contributed by atoms with Gasteiger partial charge in [0.15, 0.2) is 5.82 Å². The summed E-state index contributed by atoms with van der Waals surface area (Å²) in [4.78, 5) is 14.9. The first-order chi connectivity index (χ1) is 12.2. The highest BCUT2D eigenvalue weighted by molar-refractivity contribution is 5.77. The van der Waals surface area contributed by atoms with E-state index in [2.05, 4.69) is 20.8 Å². The third kappa shape index (κ3) is 3.03. The van der Waals surface area contributed by atoms with E-state index in [0.717, 1.165) is 22.6 Å². The molecule has 7 heteroatoms. The smallest absolute Gasteiger partial charge is 0.319 e. The normalized spacial score (nSPS) is 16.9. The van der Waals surface area contributed by atoms with E-state index in [0.29, 0.717) is 6.54 Å². The van der Waals surface area contributed by atoms with Crippen LogP contribution in [-0.4, -0.2) is 38.9 Å². The first kappa shape index (κ1) is 18.3. The predicted molar refractivity (Wildman–Crippen MR) is 101 cm³/mol. The Balaban J connectivity index is 1.86. The van der Waals surface area contributed by atoms with E-state index >= 15 is 0 Å². The van der Waals surface area contributed by atoms with Gasteiger partial charge in [-0.25, -0.2) is 4.79 Å². The third-order valence-corrected chi connectivity index (χ3v) is 5.06. The molecule has 1 aliphatic rings. The van der Waals surface area contributed by atoms with Crippen molar-refractivity contribution in [3.63, 3.8) is 0 Å². The number of hydrogen-bond donors (Lipinski definition) is 4. The fraction of sp³-hybridized carbons (Fsp3) is 0.474. The Labute approximate surface area is 153 Å². The van der Waals surface area contributed by atoms with Crippen molar-refractivity contribution in [1.82, 2.24) is 20.4 Å². The number of benzene rings is 1. The summed E-state index contributed by atoms with van der Waals surface area (Å²) in [5.41, 5.74) is 1.15. The van der Waals surface area contributed by atoms with Crippen LogP contribution in [0, 0.1) is 0 Å². The second-order valence-corrected chi connectivity index (χ2v) is 7.77. The van der Waals surface area contributed by atoms with E-state index < -0.39 is 17.2 Å². The maximum absolute atomic E-state index is 13.1. The van der Waals surface area contributed by atoms with Gasteiger partial charge < -0.3 is 20.6 Å². The van der Waals surface area contributed by atoms with E-state index in [-0.39, 0.29) is 6.03 Å². The molecular formula is C19H27N5O2. The molecule has 0 aliphatic carbocycles. The Morgan fingerprint density at radius 1 is 1.35 bits per heavy atom. The molecule has 3 rings (SSSR count). The standard InChI is InChI=1S/C19H27N5O2/c1-18(2)15-13(16(20-5)23-22-15)11-24(18)17(25)21-14(19(3,4)26)12-9-7-6-8-10-12/h6-10,14,26H,11H2,1-5H3,(H,21,25)(H2,20,22,23)/t14-/m0/s1. The average molecular weight is 357 g/mol. The van der Waals surface area contributed by atoms with Crippen LogP contribution >= 0.6 is 0 Å². The quantitative estimate of drug-likeness (QED) is 0.677. The zero-order valence-electron chi connectivity index (χ0n) is 15.9. The summed E-state index contributed by atoms with van der Waals surface area (Å²) in [6.45, 7) is 7.82. The fourth-order valence-electron chi connectivity index (χ4n) is 3.56. The average Bonchev–Trinajstić information content (AvgIpc) is 3.10. The number of amides is 2. The summed E-state index contributed by atoms with van der Waals surface area (Å²) < 4.78 is 0. The van der Waals surface area contributed by atoms with Gasteiger partial charge in [0.05, 0.1) is 29.4 Å². The van der Waals surface area contributed by atoms with Gasteiger partial charge in [-0.05, 0) is 33.3 Å².